The molecule has 0 atom stereocenters. The maximum Gasteiger partial charge on any atom is 0.279 e. The van der Waals surface area contributed by atoms with Crippen LogP contribution in [0.15, 0.2) is 24.3 Å². The molecular weight excluding hydrogens is 262 g/mol. The van der Waals surface area contributed by atoms with E-state index < -0.39 is 0 Å². The molecule has 3 aliphatic rings. The lowest BCUT2D eigenvalue weighted by molar-refractivity contribution is -0.933. The Morgan fingerprint density at radius 1 is 1.19 bits per heavy atom. The summed E-state index contributed by atoms with van der Waals surface area (Å²) in [6, 6.07) is 8.15. The van der Waals surface area contributed by atoms with E-state index in [-0.39, 0.29) is 5.91 Å². The Balaban J connectivity index is 1.67. The number of carbonyl (C=O) groups excluding carboxylic acids is 1. The van der Waals surface area contributed by atoms with Crippen molar-refractivity contribution in [1.29, 1.82) is 0 Å². The van der Waals surface area contributed by atoms with Crippen molar-refractivity contribution in [3.05, 3.63) is 29.8 Å². The molecule has 0 spiro atoms. The molecular formula is C17H26N3O+. The Kier molecular flexibility index (Phi) is 4.00. The molecule has 3 fully saturated rings. The molecule has 4 heteroatoms. The number of nitrogens with one attached hydrogen (secondary N) is 1. The van der Waals surface area contributed by atoms with Crippen molar-refractivity contribution in [3.8, 4) is 0 Å². The molecule has 4 rings (SSSR count). The first-order chi connectivity index (χ1) is 10.1. The molecule has 1 aromatic carbocycles. The van der Waals surface area contributed by atoms with E-state index in [9.17, 15) is 4.79 Å². The minimum absolute atomic E-state index is 0.165. The Hall–Kier alpha value is -1.39. The van der Waals surface area contributed by atoms with Crippen LogP contribution in [0.3, 0.4) is 0 Å². The second-order valence-electron chi connectivity index (χ2n) is 6.80. The van der Waals surface area contributed by atoms with Crippen LogP contribution in [0.25, 0.3) is 0 Å². The van der Waals surface area contributed by atoms with Gasteiger partial charge in [0, 0.05) is 25.3 Å². The maximum absolute atomic E-state index is 12.5. The Labute approximate surface area is 127 Å². The smallest absolute Gasteiger partial charge is 0.279 e. The van der Waals surface area contributed by atoms with Crippen molar-refractivity contribution in [2.45, 2.75) is 19.8 Å². The third-order valence-corrected chi connectivity index (χ3v) is 5.01. The van der Waals surface area contributed by atoms with Crippen LogP contribution in [0.5, 0.6) is 0 Å². The highest BCUT2D eigenvalue weighted by atomic mass is 16.2. The van der Waals surface area contributed by atoms with Crippen LogP contribution in [0, 0.1) is 0 Å². The van der Waals surface area contributed by atoms with E-state index in [0.29, 0.717) is 12.5 Å². The summed E-state index contributed by atoms with van der Waals surface area (Å²) in [6.45, 7) is 11.8. The topological polar surface area (TPSA) is 32.3 Å². The van der Waals surface area contributed by atoms with Crippen molar-refractivity contribution < 1.29 is 9.28 Å². The van der Waals surface area contributed by atoms with Gasteiger partial charge in [-0.05, 0) is 17.5 Å². The molecule has 1 N–H and O–H groups in total. The molecule has 21 heavy (non-hydrogen) atoms. The quantitative estimate of drug-likeness (QED) is 0.858. The van der Waals surface area contributed by atoms with Crippen molar-refractivity contribution >= 4 is 11.6 Å². The molecule has 3 heterocycles. The monoisotopic (exact) mass is 288 g/mol. The summed E-state index contributed by atoms with van der Waals surface area (Å²) in [5.41, 5.74) is 2.20. The highest BCUT2D eigenvalue weighted by Crippen LogP contribution is 2.24. The minimum atomic E-state index is 0.165. The van der Waals surface area contributed by atoms with Gasteiger partial charge >= 0.3 is 0 Å². The van der Waals surface area contributed by atoms with Crippen molar-refractivity contribution in [2.24, 2.45) is 0 Å². The molecule has 1 amide bonds. The van der Waals surface area contributed by atoms with Gasteiger partial charge < -0.3 is 9.80 Å². The summed E-state index contributed by atoms with van der Waals surface area (Å²) in [4.78, 5) is 15.0. The molecule has 1 aromatic rings. The predicted molar refractivity (Wildman–Crippen MR) is 85.3 cm³/mol. The van der Waals surface area contributed by atoms with Crippen LogP contribution in [0.2, 0.25) is 0 Å². The number of piperazine rings is 3. The van der Waals surface area contributed by atoms with Crippen LogP contribution in [-0.2, 0) is 4.79 Å². The molecule has 0 unspecified atom stereocenters. The van der Waals surface area contributed by atoms with Crippen LogP contribution < -0.4 is 5.32 Å². The summed E-state index contributed by atoms with van der Waals surface area (Å²) in [5.74, 6) is 0.588. The zero-order valence-corrected chi connectivity index (χ0v) is 13.1. The highest BCUT2D eigenvalue weighted by molar-refractivity contribution is 5.92. The number of quaternary nitrogens is 1. The van der Waals surface area contributed by atoms with Gasteiger partial charge in [-0.3, -0.25) is 9.69 Å². The van der Waals surface area contributed by atoms with E-state index in [1.807, 2.05) is 18.2 Å². The highest BCUT2D eigenvalue weighted by Gasteiger charge is 2.39. The summed E-state index contributed by atoms with van der Waals surface area (Å²) >= 11 is 0. The molecule has 0 radical (unpaired) electrons. The SMILES string of the molecule is CC(C)c1ccccc1NC(=O)C[N+]12CCN(CC1)CC2. The lowest BCUT2D eigenvalue weighted by atomic mass is 10.0. The number of nitrogens with zero attached hydrogens (tertiary/aromatic N) is 2. The van der Waals surface area contributed by atoms with E-state index in [1.54, 1.807) is 0 Å². The number of hydrogen-bond acceptors (Lipinski definition) is 2. The van der Waals surface area contributed by atoms with Gasteiger partial charge in [-0.2, -0.15) is 0 Å². The number of amides is 1. The first-order valence-corrected chi connectivity index (χ1v) is 8.04. The Morgan fingerprint density at radius 2 is 1.81 bits per heavy atom. The molecule has 4 nitrogen and oxygen atoms in total. The lowest BCUT2D eigenvalue weighted by Crippen LogP contribution is -2.68. The van der Waals surface area contributed by atoms with Crippen molar-refractivity contribution in [2.75, 3.05) is 51.1 Å². The van der Waals surface area contributed by atoms with Gasteiger partial charge in [-0.1, -0.05) is 32.0 Å². The second kappa shape index (κ2) is 5.78. The first kappa shape index (κ1) is 14.5. The fraction of sp³-hybridized carbons (Fsp3) is 0.588. The number of fused-ring (bicyclic) bond motifs is 3. The molecule has 2 bridgehead atoms. The van der Waals surface area contributed by atoms with Crippen molar-refractivity contribution in [1.82, 2.24) is 4.90 Å². The third kappa shape index (κ3) is 3.11. The predicted octanol–water partition coefficient (Wildman–Crippen LogP) is 1.89. The number of anilines is 1. The summed E-state index contributed by atoms with van der Waals surface area (Å²) < 4.78 is 0.978. The zero-order chi connectivity index (χ0) is 14.9. The average molecular weight is 288 g/mol. The summed E-state index contributed by atoms with van der Waals surface area (Å²) in [7, 11) is 0. The van der Waals surface area contributed by atoms with E-state index in [1.165, 1.54) is 5.56 Å². The summed E-state index contributed by atoms with van der Waals surface area (Å²) in [5, 5.41) is 3.15. The van der Waals surface area contributed by atoms with Gasteiger partial charge in [0.05, 0.1) is 19.6 Å². The zero-order valence-electron chi connectivity index (χ0n) is 13.1. The number of carbonyl (C=O) groups is 1. The van der Waals surface area contributed by atoms with Crippen LogP contribution in [-0.4, -0.2) is 61.1 Å². The van der Waals surface area contributed by atoms with Crippen LogP contribution >= 0.6 is 0 Å². The minimum Gasteiger partial charge on any atom is -0.321 e. The molecule has 3 aliphatic heterocycles. The van der Waals surface area contributed by atoms with E-state index in [0.717, 1.165) is 49.4 Å². The standard InChI is InChI=1S/C17H25N3O/c1-14(2)15-5-3-4-6-16(15)18-17(21)13-20-10-7-19(8-11-20)9-12-20/h3-6,14H,7-13H2,1-2H3/p+1. The van der Waals surface area contributed by atoms with Gasteiger partial charge in [0.15, 0.2) is 6.54 Å². The lowest BCUT2D eigenvalue weighted by Gasteiger charge is -2.50. The fourth-order valence-electron chi connectivity index (χ4n) is 3.58. The molecule has 0 aliphatic carbocycles. The first-order valence-electron chi connectivity index (χ1n) is 8.04. The maximum atomic E-state index is 12.5. The normalized spacial score (nSPS) is 27.9. The average Bonchev–Trinajstić information content (AvgIpc) is 2.48. The van der Waals surface area contributed by atoms with Gasteiger partial charge in [0.2, 0.25) is 0 Å². The van der Waals surface area contributed by atoms with Gasteiger partial charge in [-0.15, -0.1) is 0 Å². The number of hydrogen-bond donors (Lipinski definition) is 1. The van der Waals surface area contributed by atoms with Gasteiger partial charge in [0.1, 0.15) is 0 Å². The van der Waals surface area contributed by atoms with E-state index in [4.69, 9.17) is 0 Å². The van der Waals surface area contributed by atoms with Crippen molar-refractivity contribution in [3.63, 3.8) is 0 Å². The number of rotatable bonds is 4. The summed E-state index contributed by atoms with van der Waals surface area (Å²) in [6.07, 6.45) is 0. The second-order valence-corrected chi connectivity index (χ2v) is 6.80. The number of benzene rings is 1. The van der Waals surface area contributed by atoms with Gasteiger partial charge in [-0.25, -0.2) is 0 Å². The molecule has 0 aromatic heterocycles. The Bertz CT molecular complexity index is 505. The van der Waals surface area contributed by atoms with E-state index >= 15 is 0 Å². The number of para-hydroxylation sites is 1. The molecule has 0 saturated carbocycles. The third-order valence-electron chi connectivity index (χ3n) is 5.01. The van der Waals surface area contributed by atoms with Crippen LogP contribution in [0.4, 0.5) is 5.69 Å². The van der Waals surface area contributed by atoms with Crippen LogP contribution in [0.1, 0.15) is 25.3 Å². The van der Waals surface area contributed by atoms with Gasteiger partial charge in [0.25, 0.3) is 5.91 Å². The largest absolute Gasteiger partial charge is 0.321 e. The fourth-order valence-corrected chi connectivity index (χ4v) is 3.58. The van der Waals surface area contributed by atoms with E-state index in [2.05, 4.69) is 30.1 Å². The molecule has 114 valence electrons. The Morgan fingerprint density at radius 3 is 2.43 bits per heavy atom. The molecule has 3 saturated heterocycles.